The van der Waals surface area contributed by atoms with Gasteiger partial charge >= 0.3 is 0 Å². The molecule has 0 spiro atoms. The molecule has 5 aromatic carbocycles. The summed E-state index contributed by atoms with van der Waals surface area (Å²) in [5.74, 6) is -0.393. The molecule has 2 N–H and O–H groups in total. The number of unbranched alkanes of at least 4 members (excludes halogenated alkanes) is 1. The van der Waals surface area contributed by atoms with Crippen LogP contribution in [-0.4, -0.2) is 64.0 Å². The van der Waals surface area contributed by atoms with Gasteiger partial charge in [-0.25, -0.2) is 14.9 Å². The minimum atomic E-state index is -0.590. The van der Waals surface area contributed by atoms with Gasteiger partial charge < -0.3 is 15.5 Å². The van der Waals surface area contributed by atoms with Gasteiger partial charge in [-0.3, -0.25) is 14.4 Å². The number of carbonyl (C=O) groups is 3. The van der Waals surface area contributed by atoms with Crippen molar-refractivity contribution < 1.29 is 14.4 Å². The Morgan fingerprint density at radius 3 is 1.64 bits per heavy atom. The van der Waals surface area contributed by atoms with E-state index >= 15 is 0 Å². The highest BCUT2D eigenvalue weighted by Crippen LogP contribution is 2.32. The lowest BCUT2D eigenvalue weighted by Gasteiger charge is -2.24. The second-order valence-corrected chi connectivity index (χ2v) is 14.9. The van der Waals surface area contributed by atoms with Crippen LogP contribution in [-0.2, 0) is 20.8 Å². The van der Waals surface area contributed by atoms with Crippen LogP contribution in [0.1, 0.15) is 37.7 Å². The van der Waals surface area contributed by atoms with E-state index in [1.807, 2.05) is 89.8 Å². The number of nitrogens with one attached hydrogen (secondary N) is 2. The second kappa shape index (κ2) is 16.8. The SMILES string of the molecule is O=C(CCCc1ccc(N2C(=O)CC(S)C2=O)cc1)N(CCCCNc1c2ccccc2nc2ccccc12)CCNc1c2ccccc2nc2ccccc12. The number of nitrogens with zero attached hydrogens (tertiary/aromatic N) is 4. The Morgan fingerprint density at radius 2 is 1.14 bits per heavy atom. The lowest BCUT2D eigenvalue weighted by atomic mass is 10.1. The number of benzene rings is 5. The van der Waals surface area contributed by atoms with E-state index in [2.05, 4.69) is 47.5 Å². The van der Waals surface area contributed by atoms with Crippen molar-refractivity contribution in [2.24, 2.45) is 0 Å². The first-order chi connectivity index (χ1) is 27.4. The molecule has 1 aliphatic heterocycles. The number of fused-ring (bicyclic) bond motifs is 4. The average Bonchev–Trinajstić information content (AvgIpc) is 3.48. The number of aromatic nitrogens is 2. The van der Waals surface area contributed by atoms with E-state index in [0.717, 1.165) is 79.9 Å². The number of thiol groups is 1. The molecule has 10 heteroatoms. The zero-order valence-corrected chi connectivity index (χ0v) is 32.1. The number of carbonyl (C=O) groups excluding carboxylic acids is 3. The third kappa shape index (κ3) is 7.88. The first-order valence-corrected chi connectivity index (χ1v) is 19.9. The lowest BCUT2D eigenvalue weighted by molar-refractivity contribution is -0.131. The maximum absolute atomic E-state index is 13.9. The van der Waals surface area contributed by atoms with Crippen molar-refractivity contribution in [3.05, 3.63) is 127 Å². The van der Waals surface area contributed by atoms with Gasteiger partial charge in [0.05, 0.1) is 44.4 Å². The fourth-order valence-corrected chi connectivity index (χ4v) is 7.95. The van der Waals surface area contributed by atoms with Crippen molar-refractivity contribution >= 4 is 91.0 Å². The van der Waals surface area contributed by atoms with Crippen molar-refractivity contribution in [3.63, 3.8) is 0 Å². The standard InChI is InChI=1S/C46H44N6O3S/c53-42(21-11-12-31-22-24-32(25-23-31)52-43(54)30-41(56)46(52)55)51(29-27-48-45-35-15-3-7-19-39(35)50-40-20-8-4-16-36(40)45)28-10-9-26-47-44-33-13-1-5-17-37(33)49-38-18-6-2-14-34(38)44/h1-8,13-20,22-25,41,56H,9-12,21,26-30H2,(H,47,49)(H,48,50). The van der Waals surface area contributed by atoms with Crippen LogP contribution in [0.4, 0.5) is 17.1 Å². The number of amides is 3. The third-order valence-electron chi connectivity index (χ3n) is 10.5. The number of aryl methyl sites for hydroxylation is 1. The molecule has 9 nitrogen and oxygen atoms in total. The van der Waals surface area contributed by atoms with E-state index in [0.29, 0.717) is 44.6 Å². The number of pyridine rings is 2. The molecular weight excluding hydrogens is 717 g/mol. The number of hydrogen-bond acceptors (Lipinski definition) is 8. The van der Waals surface area contributed by atoms with Gasteiger partial charge in [-0.05, 0) is 67.6 Å². The monoisotopic (exact) mass is 760 g/mol. The Balaban J connectivity index is 0.924. The Kier molecular flexibility index (Phi) is 11.1. The summed E-state index contributed by atoms with van der Waals surface area (Å²) in [4.78, 5) is 51.6. The Bertz CT molecular complexity index is 2450. The van der Waals surface area contributed by atoms with Crippen LogP contribution in [0.5, 0.6) is 0 Å². The second-order valence-electron chi connectivity index (χ2n) is 14.3. The van der Waals surface area contributed by atoms with Gasteiger partial charge in [0.25, 0.3) is 0 Å². The maximum atomic E-state index is 13.9. The van der Waals surface area contributed by atoms with E-state index in [1.165, 1.54) is 4.90 Å². The van der Waals surface area contributed by atoms with Crippen LogP contribution >= 0.6 is 12.6 Å². The minimum absolute atomic E-state index is 0.114. The lowest BCUT2D eigenvalue weighted by Crippen LogP contribution is -2.36. The molecule has 282 valence electrons. The molecule has 7 aromatic rings. The van der Waals surface area contributed by atoms with Crippen molar-refractivity contribution in [2.75, 3.05) is 41.7 Å². The fraction of sp³-hybridized carbons (Fsp3) is 0.239. The molecule has 3 heterocycles. The Labute approximate surface area is 331 Å². The highest BCUT2D eigenvalue weighted by molar-refractivity contribution is 7.82. The highest BCUT2D eigenvalue weighted by atomic mass is 32.1. The predicted octanol–water partition coefficient (Wildman–Crippen LogP) is 8.81. The maximum Gasteiger partial charge on any atom is 0.247 e. The van der Waals surface area contributed by atoms with Gasteiger partial charge in [0, 0.05) is 60.6 Å². The molecule has 0 saturated carbocycles. The number of hydrogen-bond donors (Lipinski definition) is 3. The smallest absolute Gasteiger partial charge is 0.247 e. The highest BCUT2D eigenvalue weighted by Gasteiger charge is 2.37. The van der Waals surface area contributed by atoms with Gasteiger partial charge in [-0.1, -0.05) is 84.9 Å². The summed E-state index contributed by atoms with van der Waals surface area (Å²) in [6.45, 7) is 2.58. The Hall–Kier alpha value is -6.00. The molecule has 8 rings (SSSR count). The zero-order valence-electron chi connectivity index (χ0n) is 31.2. The van der Waals surface area contributed by atoms with Crippen LogP contribution in [0.15, 0.2) is 121 Å². The summed E-state index contributed by atoms with van der Waals surface area (Å²) in [5.41, 5.74) is 7.53. The molecule has 0 bridgehead atoms. The summed E-state index contributed by atoms with van der Waals surface area (Å²) in [6.07, 6.45) is 3.67. The van der Waals surface area contributed by atoms with Gasteiger partial charge in [0.15, 0.2) is 0 Å². The summed E-state index contributed by atoms with van der Waals surface area (Å²) in [6, 6.07) is 40.2. The largest absolute Gasteiger partial charge is 0.384 e. The zero-order chi connectivity index (χ0) is 38.4. The first-order valence-electron chi connectivity index (χ1n) is 19.4. The van der Waals surface area contributed by atoms with Crippen LogP contribution in [0.2, 0.25) is 0 Å². The third-order valence-corrected chi connectivity index (χ3v) is 10.9. The van der Waals surface area contributed by atoms with Crippen LogP contribution in [0.3, 0.4) is 0 Å². The minimum Gasteiger partial charge on any atom is -0.384 e. The summed E-state index contributed by atoms with van der Waals surface area (Å²) in [7, 11) is 0. The molecular formula is C46H44N6O3S. The van der Waals surface area contributed by atoms with E-state index < -0.39 is 5.25 Å². The van der Waals surface area contributed by atoms with Crippen molar-refractivity contribution in [1.82, 2.24) is 14.9 Å². The quantitative estimate of drug-likeness (QED) is 0.0415. The molecule has 1 saturated heterocycles. The summed E-state index contributed by atoms with van der Waals surface area (Å²) < 4.78 is 0. The predicted molar refractivity (Wildman–Crippen MR) is 231 cm³/mol. The molecule has 1 aliphatic rings. The number of imide groups is 1. The molecule has 3 amide bonds. The van der Waals surface area contributed by atoms with E-state index in [4.69, 9.17) is 9.97 Å². The van der Waals surface area contributed by atoms with Gasteiger partial charge in [-0.15, -0.1) is 0 Å². The number of anilines is 3. The normalized spacial score (nSPS) is 14.3. The van der Waals surface area contributed by atoms with Crippen molar-refractivity contribution in [3.8, 4) is 0 Å². The number of rotatable bonds is 15. The van der Waals surface area contributed by atoms with E-state index in [1.54, 1.807) is 12.1 Å². The fourth-order valence-electron chi connectivity index (χ4n) is 7.68. The van der Waals surface area contributed by atoms with E-state index in [9.17, 15) is 14.4 Å². The molecule has 0 radical (unpaired) electrons. The van der Waals surface area contributed by atoms with Gasteiger partial charge in [-0.2, -0.15) is 12.6 Å². The molecule has 2 aromatic heterocycles. The van der Waals surface area contributed by atoms with E-state index in [-0.39, 0.29) is 24.1 Å². The summed E-state index contributed by atoms with van der Waals surface area (Å²) in [5, 5.41) is 11.1. The molecule has 1 atom stereocenters. The Morgan fingerprint density at radius 1 is 0.643 bits per heavy atom. The van der Waals surface area contributed by atoms with Crippen LogP contribution in [0.25, 0.3) is 43.6 Å². The molecule has 56 heavy (non-hydrogen) atoms. The summed E-state index contributed by atoms with van der Waals surface area (Å²) >= 11 is 4.24. The van der Waals surface area contributed by atoms with Gasteiger partial charge in [0.1, 0.15) is 0 Å². The molecule has 1 unspecified atom stereocenters. The van der Waals surface area contributed by atoms with Crippen molar-refractivity contribution in [2.45, 2.75) is 43.8 Å². The van der Waals surface area contributed by atoms with Crippen molar-refractivity contribution in [1.29, 1.82) is 0 Å². The number of para-hydroxylation sites is 4. The van der Waals surface area contributed by atoms with Crippen LogP contribution < -0.4 is 15.5 Å². The average molecular weight is 761 g/mol. The molecule has 0 aliphatic carbocycles. The molecule has 1 fully saturated rings. The topological polar surface area (TPSA) is 108 Å². The van der Waals surface area contributed by atoms with Gasteiger partial charge in [0.2, 0.25) is 17.7 Å². The van der Waals surface area contributed by atoms with Crippen LogP contribution in [0, 0.1) is 0 Å². The first kappa shape index (κ1) is 36.9.